The summed E-state index contributed by atoms with van der Waals surface area (Å²) in [6.45, 7) is 7.55. The summed E-state index contributed by atoms with van der Waals surface area (Å²) in [5.41, 5.74) is 6.74. The Balaban J connectivity index is 2.10. The van der Waals surface area contributed by atoms with Gasteiger partial charge >= 0.3 is 0 Å². The van der Waals surface area contributed by atoms with E-state index >= 15 is 0 Å². The molecule has 0 heterocycles. The van der Waals surface area contributed by atoms with Crippen molar-refractivity contribution in [3.8, 4) is 0 Å². The predicted molar refractivity (Wildman–Crippen MR) is 71.9 cm³/mol. The number of hydrogen-bond donors (Lipinski definition) is 1. The van der Waals surface area contributed by atoms with Crippen molar-refractivity contribution < 1.29 is 4.74 Å². The number of nitrogens with zero attached hydrogens (tertiary/aromatic N) is 1. The lowest BCUT2D eigenvalue weighted by Crippen LogP contribution is -2.29. The van der Waals surface area contributed by atoms with Gasteiger partial charge in [-0.1, -0.05) is 37.3 Å². The van der Waals surface area contributed by atoms with E-state index in [2.05, 4.69) is 24.0 Å². The fourth-order valence-electron chi connectivity index (χ4n) is 1.70. The van der Waals surface area contributed by atoms with Crippen molar-refractivity contribution in [3.63, 3.8) is 0 Å². The van der Waals surface area contributed by atoms with Crippen LogP contribution in [0.2, 0.25) is 0 Å². The van der Waals surface area contributed by atoms with Gasteiger partial charge in [0.05, 0.1) is 13.2 Å². The topological polar surface area (TPSA) is 38.5 Å². The zero-order chi connectivity index (χ0) is 12.3. The average molecular weight is 236 g/mol. The van der Waals surface area contributed by atoms with E-state index in [0.717, 1.165) is 39.2 Å². The van der Waals surface area contributed by atoms with Crippen molar-refractivity contribution in [3.05, 3.63) is 35.9 Å². The van der Waals surface area contributed by atoms with E-state index in [4.69, 9.17) is 10.5 Å². The predicted octanol–water partition coefficient (Wildman–Crippen LogP) is 1.87. The molecule has 2 N–H and O–H groups in total. The fraction of sp³-hybridized carbons (Fsp3) is 0.571. The summed E-state index contributed by atoms with van der Waals surface area (Å²) in [5.74, 6) is 0. The van der Waals surface area contributed by atoms with Gasteiger partial charge in [-0.05, 0) is 31.6 Å². The van der Waals surface area contributed by atoms with Gasteiger partial charge in [-0.15, -0.1) is 0 Å². The normalized spacial score (nSPS) is 11.0. The number of hydrogen-bond acceptors (Lipinski definition) is 3. The molecule has 3 nitrogen and oxygen atoms in total. The molecule has 0 saturated heterocycles. The van der Waals surface area contributed by atoms with Crippen LogP contribution in [0.15, 0.2) is 30.3 Å². The van der Waals surface area contributed by atoms with Gasteiger partial charge in [0.15, 0.2) is 0 Å². The third-order valence-electron chi connectivity index (χ3n) is 2.79. The molecule has 0 aliphatic carbocycles. The smallest absolute Gasteiger partial charge is 0.0717 e. The summed E-state index contributed by atoms with van der Waals surface area (Å²) >= 11 is 0. The minimum absolute atomic E-state index is 0.704. The quantitative estimate of drug-likeness (QED) is 0.665. The zero-order valence-electron chi connectivity index (χ0n) is 10.8. The van der Waals surface area contributed by atoms with Gasteiger partial charge in [-0.3, -0.25) is 0 Å². The molecule has 0 radical (unpaired) electrons. The highest BCUT2D eigenvalue weighted by atomic mass is 16.5. The molecule has 0 spiro atoms. The molecule has 1 rings (SSSR count). The monoisotopic (exact) mass is 236 g/mol. The Labute approximate surface area is 105 Å². The second-order valence-electron chi connectivity index (χ2n) is 4.11. The summed E-state index contributed by atoms with van der Waals surface area (Å²) in [6.07, 6.45) is 1.06. The van der Waals surface area contributed by atoms with Crippen LogP contribution in [0.4, 0.5) is 0 Å². The standard InChI is InChI=1S/C14H24N2O/c1-2-16(10-6-9-15)11-12-17-13-14-7-4-3-5-8-14/h3-5,7-8H,2,6,9-13,15H2,1H3. The number of rotatable bonds is 9. The van der Waals surface area contributed by atoms with Gasteiger partial charge in [0.25, 0.3) is 0 Å². The summed E-state index contributed by atoms with van der Waals surface area (Å²) in [7, 11) is 0. The third-order valence-corrected chi connectivity index (χ3v) is 2.79. The van der Waals surface area contributed by atoms with E-state index in [-0.39, 0.29) is 0 Å². The molecule has 0 saturated carbocycles. The molecule has 0 bridgehead atoms. The number of benzene rings is 1. The molecule has 0 aliphatic rings. The van der Waals surface area contributed by atoms with Gasteiger partial charge in [0, 0.05) is 6.54 Å². The zero-order valence-corrected chi connectivity index (χ0v) is 10.8. The van der Waals surface area contributed by atoms with E-state index in [1.54, 1.807) is 0 Å². The van der Waals surface area contributed by atoms with Crippen LogP contribution in [0.3, 0.4) is 0 Å². The minimum Gasteiger partial charge on any atom is -0.375 e. The van der Waals surface area contributed by atoms with E-state index < -0.39 is 0 Å². The highest BCUT2D eigenvalue weighted by Crippen LogP contribution is 2.00. The van der Waals surface area contributed by atoms with Crippen molar-refractivity contribution in [1.29, 1.82) is 0 Å². The molecule has 0 amide bonds. The lowest BCUT2D eigenvalue weighted by Gasteiger charge is -2.19. The Morgan fingerprint density at radius 2 is 1.94 bits per heavy atom. The van der Waals surface area contributed by atoms with Crippen LogP contribution in [0.1, 0.15) is 18.9 Å². The molecular formula is C14H24N2O. The molecule has 17 heavy (non-hydrogen) atoms. The Bertz CT molecular complexity index is 277. The minimum atomic E-state index is 0.704. The van der Waals surface area contributed by atoms with Crippen LogP contribution in [0, 0.1) is 0 Å². The molecule has 0 atom stereocenters. The lowest BCUT2D eigenvalue weighted by molar-refractivity contribution is 0.0939. The SMILES string of the molecule is CCN(CCCN)CCOCc1ccccc1. The van der Waals surface area contributed by atoms with Crippen LogP contribution in [-0.2, 0) is 11.3 Å². The lowest BCUT2D eigenvalue weighted by atomic mass is 10.2. The van der Waals surface area contributed by atoms with E-state index in [1.165, 1.54) is 5.56 Å². The first-order valence-electron chi connectivity index (χ1n) is 6.41. The van der Waals surface area contributed by atoms with Gasteiger partial charge in [-0.2, -0.15) is 0 Å². The summed E-state index contributed by atoms with van der Waals surface area (Å²) < 4.78 is 5.66. The molecule has 3 heteroatoms. The van der Waals surface area contributed by atoms with Gasteiger partial charge in [0.2, 0.25) is 0 Å². The van der Waals surface area contributed by atoms with Crippen LogP contribution in [0.25, 0.3) is 0 Å². The Morgan fingerprint density at radius 1 is 1.18 bits per heavy atom. The highest BCUT2D eigenvalue weighted by Gasteiger charge is 2.01. The maximum absolute atomic E-state index is 5.66. The van der Waals surface area contributed by atoms with Gasteiger partial charge < -0.3 is 15.4 Å². The second-order valence-corrected chi connectivity index (χ2v) is 4.11. The highest BCUT2D eigenvalue weighted by molar-refractivity contribution is 5.13. The van der Waals surface area contributed by atoms with Crippen molar-refractivity contribution in [2.24, 2.45) is 5.73 Å². The van der Waals surface area contributed by atoms with Gasteiger partial charge in [0.1, 0.15) is 0 Å². The molecule has 0 aromatic heterocycles. The molecule has 0 aliphatic heterocycles. The van der Waals surface area contributed by atoms with Crippen molar-refractivity contribution in [2.45, 2.75) is 20.0 Å². The van der Waals surface area contributed by atoms with E-state index in [0.29, 0.717) is 6.61 Å². The summed E-state index contributed by atoms with van der Waals surface area (Å²) in [5, 5.41) is 0. The summed E-state index contributed by atoms with van der Waals surface area (Å²) in [6, 6.07) is 10.3. The molecule has 1 aromatic rings. The third kappa shape index (κ3) is 6.41. The summed E-state index contributed by atoms with van der Waals surface area (Å²) in [4.78, 5) is 2.37. The van der Waals surface area contributed by atoms with Crippen molar-refractivity contribution in [2.75, 3.05) is 32.8 Å². The van der Waals surface area contributed by atoms with Crippen LogP contribution in [0.5, 0.6) is 0 Å². The largest absolute Gasteiger partial charge is 0.375 e. The Kier molecular flexibility index (Phi) is 7.63. The average Bonchev–Trinajstić information content (AvgIpc) is 2.39. The van der Waals surface area contributed by atoms with Crippen LogP contribution in [-0.4, -0.2) is 37.7 Å². The van der Waals surface area contributed by atoms with Crippen LogP contribution < -0.4 is 5.73 Å². The Hall–Kier alpha value is -0.900. The molecular weight excluding hydrogens is 212 g/mol. The molecule has 0 unspecified atom stereocenters. The number of nitrogens with two attached hydrogens (primary N) is 1. The van der Waals surface area contributed by atoms with Crippen LogP contribution >= 0.6 is 0 Å². The number of likely N-dealkylation sites (N-methyl/N-ethyl adjacent to an activating group) is 1. The van der Waals surface area contributed by atoms with Gasteiger partial charge in [-0.25, -0.2) is 0 Å². The molecule has 1 aromatic carbocycles. The first-order valence-corrected chi connectivity index (χ1v) is 6.41. The first-order chi connectivity index (χ1) is 8.36. The van der Waals surface area contributed by atoms with Crippen molar-refractivity contribution in [1.82, 2.24) is 4.90 Å². The number of ether oxygens (including phenoxy) is 1. The first kappa shape index (κ1) is 14.2. The van der Waals surface area contributed by atoms with Crippen molar-refractivity contribution >= 4 is 0 Å². The fourth-order valence-corrected chi connectivity index (χ4v) is 1.70. The molecule has 0 fully saturated rings. The maximum Gasteiger partial charge on any atom is 0.0717 e. The Morgan fingerprint density at radius 3 is 2.59 bits per heavy atom. The van der Waals surface area contributed by atoms with E-state index in [9.17, 15) is 0 Å². The maximum atomic E-state index is 5.66. The molecule has 96 valence electrons. The van der Waals surface area contributed by atoms with E-state index in [1.807, 2.05) is 18.2 Å². The second kappa shape index (κ2) is 9.16.